The van der Waals surface area contributed by atoms with Gasteiger partial charge in [0.2, 0.25) is 0 Å². The highest BCUT2D eigenvalue weighted by Crippen LogP contribution is 2.35. The largest absolute Gasteiger partial charge is 0.465 e. The molecule has 0 unspecified atom stereocenters. The van der Waals surface area contributed by atoms with Gasteiger partial charge in [0.05, 0.1) is 27.8 Å². The van der Waals surface area contributed by atoms with E-state index in [1.54, 1.807) is 57.2 Å². The Hall–Kier alpha value is -3.50. The summed E-state index contributed by atoms with van der Waals surface area (Å²) in [4.78, 5) is 38.7. The van der Waals surface area contributed by atoms with Gasteiger partial charge in [0.1, 0.15) is 11.7 Å². The number of hydrogen-bond donors (Lipinski definition) is 2. The number of aromatic nitrogens is 2. The van der Waals surface area contributed by atoms with Gasteiger partial charge < -0.3 is 19.5 Å². The molecule has 1 saturated heterocycles. The molecule has 2 atom stereocenters. The second-order valence-corrected chi connectivity index (χ2v) is 10.8. The summed E-state index contributed by atoms with van der Waals surface area (Å²) in [5, 5.41) is 17.7. The lowest BCUT2D eigenvalue weighted by molar-refractivity contribution is 0.0178. The van der Waals surface area contributed by atoms with Crippen molar-refractivity contribution in [3.05, 3.63) is 58.2 Å². The summed E-state index contributed by atoms with van der Waals surface area (Å²) >= 11 is 12.3. The quantitative estimate of drug-likeness (QED) is 0.352. The van der Waals surface area contributed by atoms with Crippen molar-refractivity contribution in [2.45, 2.75) is 57.8 Å². The van der Waals surface area contributed by atoms with Crippen LogP contribution in [0, 0.1) is 0 Å². The van der Waals surface area contributed by atoms with E-state index in [0.29, 0.717) is 40.1 Å². The highest BCUT2D eigenvalue weighted by molar-refractivity contribution is 6.42. The molecule has 3 aromatic rings. The third-order valence-corrected chi connectivity index (χ3v) is 6.77. The molecule has 2 aromatic carbocycles. The number of nitrogens with zero attached hydrogens (tertiary/aromatic N) is 3. The minimum atomic E-state index is -1.09. The molecule has 2 heterocycles. The SMILES string of the molecule is CC(C)(C)OC(=O)n1ncc2cc(NC(=O)O[C@@H](c3ccc(Cl)c(Cl)c3)[C@@H]3CCCCN3C(=O)O)ccc21. The number of piperidine rings is 1. The highest BCUT2D eigenvalue weighted by Gasteiger charge is 2.36. The van der Waals surface area contributed by atoms with Crippen LogP contribution >= 0.6 is 23.2 Å². The number of ether oxygens (including phenoxy) is 2. The van der Waals surface area contributed by atoms with Gasteiger partial charge in [-0.15, -0.1) is 0 Å². The fraction of sp³-hybridized carbons (Fsp3) is 0.385. The van der Waals surface area contributed by atoms with Crippen LogP contribution in [0.4, 0.5) is 20.1 Å². The Morgan fingerprint density at radius 1 is 1.11 bits per heavy atom. The molecule has 0 spiro atoms. The van der Waals surface area contributed by atoms with Gasteiger partial charge in [-0.2, -0.15) is 9.78 Å². The molecule has 1 aliphatic heterocycles. The topological polar surface area (TPSA) is 123 Å². The number of halogens is 2. The summed E-state index contributed by atoms with van der Waals surface area (Å²) in [7, 11) is 0. The molecule has 0 radical (unpaired) electrons. The van der Waals surface area contributed by atoms with E-state index >= 15 is 0 Å². The van der Waals surface area contributed by atoms with E-state index in [-0.39, 0.29) is 5.02 Å². The zero-order chi connectivity index (χ0) is 27.6. The number of fused-ring (bicyclic) bond motifs is 1. The molecule has 2 amide bonds. The van der Waals surface area contributed by atoms with Gasteiger partial charge in [0.25, 0.3) is 0 Å². The Balaban J connectivity index is 1.56. The lowest BCUT2D eigenvalue weighted by atomic mass is 9.93. The summed E-state index contributed by atoms with van der Waals surface area (Å²) in [5.74, 6) is 0. The van der Waals surface area contributed by atoms with Gasteiger partial charge in [0.15, 0.2) is 0 Å². The molecule has 0 aliphatic carbocycles. The Morgan fingerprint density at radius 2 is 1.87 bits per heavy atom. The average molecular weight is 563 g/mol. The van der Waals surface area contributed by atoms with Crippen molar-refractivity contribution in [1.29, 1.82) is 0 Å². The Morgan fingerprint density at radius 3 is 2.55 bits per heavy atom. The summed E-state index contributed by atoms with van der Waals surface area (Å²) in [6.45, 7) is 5.62. The van der Waals surface area contributed by atoms with E-state index in [0.717, 1.165) is 17.5 Å². The molecule has 12 heteroatoms. The first-order valence-electron chi connectivity index (χ1n) is 12.1. The molecule has 0 saturated carbocycles. The monoisotopic (exact) mass is 562 g/mol. The van der Waals surface area contributed by atoms with Crippen molar-refractivity contribution >= 4 is 58.1 Å². The molecule has 1 aromatic heterocycles. The smallest absolute Gasteiger partial charge is 0.435 e. The van der Waals surface area contributed by atoms with E-state index in [4.69, 9.17) is 32.7 Å². The van der Waals surface area contributed by atoms with E-state index in [2.05, 4.69) is 10.4 Å². The number of carboxylic acid groups (broad SMARTS) is 1. The molecule has 0 bridgehead atoms. The predicted molar refractivity (Wildman–Crippen MR) is 143 cm³/mol. The summed E-state index contributed by atoms with van der Waals surface area (Å²) in [5.41, 5.74) is 0.755. The van der Waals surface area contributed by atoms with E-state index in [9.17, 15) is 19.5 Å². The van der Waals surface area contributed by atoms with Crippen molar-refractivity contribution in [3.8, 4) is 0 Å². The highest BCUT2D eigenvalue weighted by atomic mass is 35.5. The molecule has 202 valence electrons. The van der Waals surface area contributed by atoms with Gasteiger partial charge in [0, 0.05) is 17.6 Å². The maximum Gasteiger partial charge on any atom is 0.435 e. The lowest BCUT2D eigenvalue weighted by Crippen LogP contribution is -2.47. The maximum atomic E-state index is 13.0. The number of anilines is 1. The minimum absolute atomic E-state index is 0.267. The summed E-state index contributed by atoms with van der Waals surface area (Å²) < 4.78 is 12.3. The first kappa shape index (κ1) is 27.5. The number of carbonyl (C=O) groups is 3. The summed E-state index contributed by atoms with van der Waals surface area (Å²) in [6, 6.07) is 9.10. The van der Waals surface area contributed by atoms with Gasteiger partial charge in [-0.05, 0) is 75.9 Å². The second-order valence-electron chi connectivity index (χ2n) is 9.97. The van der Waals surface area contributed by atoms with Crippen molar-refractivity contribution in [2.24, 2.45) is 0 Å². The van der Waals surface area contributed by atoms with Crippen LogP contribution < -0.4 is 5.32 Å². The second kappa shape index (κ2) is 11.1. The van der Waals surface area contributed by atoms with Gasteiger partial charge in [-0.25, -0.2) is 14.4 Å². The van der Waals surface area contributed by atoms with Crippen LogP contribution in [0.1, 0.15) is 51.7 Å². The number of carbonyl (C=O) groups excluding carboxylic acids is 2. The van der Waals surface area contributed by atoms with Gasteiger partial charge >= 0.3 is 18.3 Å². The summed E-state index contributed by atoms with van der Waals surface area (Å²) in [6.07, 6.45) is 0.108. The molecule has 1 aliphatic rings. The number of hydrogen-bond acceptors (Lipinski definition) is 6. The van der Waals surface area contributed by atoms with E-state index < -0.39 is 36.0 Å². The zero-order valence-corrected chi connectivity index (χ0v) is 22.6. The first-order valence-corrected chi connectivity index (χ1v) is 12.8. The van der Waals surface area contributed by atoms with Crippen LogP contribution in [-0.2, 0) is 9.47 Å². The van der Waals surface area contributed by atoms with Crippen molar-refractivity contribution < 1.29 is 29.0 Å². The standard InChI is InChI=1S/C26H28Cl2N4O6/c1-26(2,3)38-25(36)32-20-10-8-17(12-16(20)14-29-32)30-23(33)37-22(15-7-9-18(27)19(28)13-15)21-6-4-5-11-31(21)24(34)35/h7-10,12-14,21-22H,4-6,11H2,1-3H3,(H,30,33)(H,34,35)/t21-,22-/m0/s1. The molecule has 38 heavy (non-hydrogen) atoms. The minimum Gasteiger partial charge on any atom is -0.465 e. The van der Waals surface area contributed by atoms with E-state index in [1.165, 1.54) is 11.1 Å². The van der Waals surface area contributed by atoms with Crippen molar-refractivity contribution in [1.82, 2.24) is 14.7 Å². The van der Waals surface area contributed by atoms with Crippen LogP contribution in [0.3, 0.4) is 0 Å². The number of rotatable bonds is 4. The number of nitrogens with one attached hydrogen (secondary N) is 1. The fourth-order valence-corrected chi connectivity index (χ4v) is 4.70. The number of amides is 2. The van der Waals surface area contributed by atoms with Crippen LogP contribution in [0.15, 0.2) is 42.6 Å². The Bertz CT molecular complexity index is 1370. The fourth-order valence-electron chi connectivity index (χ4n) is 4.39. The molecule has 2 N–H and O–H groups in total. The van der Waals surface area contributed by atoms with Crippen LogP contribution in [0.2, 0.25) is 10.0 Å². The molecular formula is C26H28Cl2N4O6. The number of likely N-dealkylation sites (tertiary alicyclic amines) is 1. The predicted octanol–water partition coefficient (Wildman–Crippen LogP) is 6.95. The van der Waals surface area contributed by atoms with Gasteiger partial charge in [-0.3, -0.25) is 5.32 Å². The zero-order valence-electron chi connectivity index (χ0n) is 21.1. The first-order chi connectivity index (χ1) is 17.9. The third kappa shape index (κ3) is 6.31. The molecule has 10 nitrogen and oxygen atoms in total. The number of benzene rings is 2. The Kier molecular flexibility index (Phi) is 8.03. The van der Waals surface area contributed by atoms with E-state index in [1.807, 2.05) is 0 Å². The lowest BCUT2D eigenvalue weighted by Gasteiger charge is -2.38. The normalized spacial score (nSPS) is 16.7. The van der Waals surface area contributed by atoms with Crippen LogP contribution in [0.25, 0.3) is 10.9 Å². The molecule has 4 rings (SSSR count). The van der Waals surface area contributed by atoms with Gasteiger partial charge in [-0.1, -0.05) is 29.3 Å². The maximum absolute atomic E-state index is 13.0. The van der Waals surface area contributed by atoms with Crippen LogP contribution in [0.5, 0.6) is 0 Å². The molecular weight excluding hydrogens is 535 g/mol. The Labute approximate surface area is 229 Å². The molecule has 1 fully saturated rings. The van der Waals surface area contributed by atoms with Crippen LogP contribution in [-0.4, -0.2) is 56.3 Å². The van der Waals surface area contributed by atoms with Crippen molar-refractivity contribution in [3.63, 3.8) is 0 Å². The average Bonchev–Trinajstić information content (AvgIpc) is 3.27. The third-order valence-electron chi connectivity index (χ3n) is 6.03. The van der Waals surface area contributed by atoms with Crippen molar-refractivity contribution in [2.75, 3.05) is 11.9 Å².